The molecule has 0 fully saturated rings. The van der Waals surface area contributed by atoms with Gasteiger partial charge in [-0.15, -0.1) is 0 Å². The van der Waals surface area contributed by atoms with Gasteiger partial charge >= 0.3 is 0 Å². The third-order valence-corrected chi connectivity index (χ3v) is 2.94. The van der Waals surface area contributed by atoms with Crippen molar-refractivity contribution in [1.82, 2.24) is 19.5 Å². The third kappa shape index (κ3) is 1.97. The topological polar surface area (TPSA) is 43.6 Å². The van der Waals surface area contributed by atoms with Crippen molar-refractivity contribution in [3.05, 3.63) is 54.2 Å². The summed E-state index contributed by atoms with van der Waals surface area (Å²) in [5, 5.41) is 0. The Balaban J connectivity index is 1.98. The van der Waals surface area contributed by atoms with E-state index in [1.54, 1.807) is 0 Å². The standard InChI is InChI=1S/C14H14N4/c1-2-13-15-8-12-14(17-13)16-10-18(12)9-11-6-4-3-5-7-11/h3-8,10H,2,9H2,1H3. The zero-order chi connectivity index (χ0) is 12.4. The fraction of sp³-hybridized carbons (Fsp3) is 0.214. The van der Waals surface area contributed by atoms with Gasteiger partial charge in [-0.1, -0.05) is 37.3 Å². The molecule has 0 unspecified atom stereocenters. The summed E-state index contributed by atoms with van der Waals surface area (Å²) in [6.07, 6.45) is 4.52. The normalized spacial score (nSPS) is 10.9. The minimum Gasteiger partial charge on any atom is -0.323 e. The fourth-order valence-corrected chi connectivity index (χ4v) is 1.96. The third-order valence-electron chi connectivity index (χ3n) is 2.94. The second-order valence-corrected chi connectivity index (χ2v) is 4.21. The first-order chi connectivity index (χ1) is 8.86. The first kappa shape index (κ1) is 10.9. The maximum Gasteiger partial charge on any atom is 0.181 e. The number of imidazole rings is 1. The molecule has 0 aliphatic carbocycles. The van der Waals surface area contributed by atoms with Gasteiger partial charge in [0.25, 0.3) is 0 Å². The summed E-state index contributed by atoms with van der Waals surface area (Å²) in [6, 6.07) is 10.3. The lowest BCUT2D eigenvalue weighted by atomic mass is 10.2. The molecule has 0 saturated heterocycles. The van der Waals surface area contributed by atoms with E-state index in [0.717, 1.165) is 30.0 Å². The van der Waals surface area contributed by atoms with Gasteiger partial charge in [0, 0.05) is 13.0 Å². The van der Waals surface area contributed by atoms with E-state index in [1.165, 1.54) is 5.56 Å². The van der Waals surface area contributed by atoms with Crippen LogP contribution in [0, 0.1) is 0 Å². The monoisotopic (exact) mass is 238 g/mol. The van der Waals surface area contributed by atoms with E-state index in [4.69, 9.17) is 0 Å². The molecule has 0 aliphatic heterocycles. The first-order valence-electron chi connectivity index (χ1n) is 6.07. The molecular weight excluding hydrogens is 224 g/mol. The highest BCUT2D eigenvalue weighted by Crippen LogP contribution is 2.12. The van der Waals surface area contributed by atoms with Crippen LogP contribution in [-0.4, -0.2) is 19.5 Å². The Bertz CT molecular complexity index is 658. The summed E-state index contributed by atoms with van der Waals surface area (Å²) in [4.78, 5) is 13.1. The second-order valence-electron chi connectivity index (χ2n) is 4.21. The van der Waals surface area contributed by atoms with E-state index in [1.807, 2.05) is 37.6 Å². The van der Waals surface area contributed by atoms with Gasteiger partial charge < -0.3 is 4.57 Å². The second kappa shape index (κ2) is 4.56. The highest BCUT2D eigenvalue weighted by atomic mass is 15.1. The van der Waals surface area contributed by atoms with Gasteiger partial charge in [0.2, 0.25) is 0 Å². The zero-order valence-corrected chi connectivity index (χ0v) is 10.2. The molecule has 2 heterocycles. The number of fused-ring (bicyclic) bond motifs is 1. The molecule has 0 N–H and O–H groups in total. The van der Waals surface area contributed by atoms with Crippen LogP contribution in [0.2, 0.25) is 0 Å². The van der Waals surface area contributed by atoms with Crippen LogP contribution in [-0.2, 0) is 13.0 Å². The largest absolute Gasteiger partial charge is 0.323 e. The summed E-state index contributed by atoms with van der Waals surface area (Å²) in [5.74, 6) is 0.840. The Hall–Kier alpha value is -2.23. The van der Waals surface area contributed by atoms with Crippen LogP contribution in [0.3, 0.4) is 0 Å². The average molecular weight is 238 g/mol. The first-order valence-corrected chi connectivity index (χ1v) is 6.07. The molecule has 0 spiro atoms. The van der Waals surface area contributed by atoms with Gasteiger partial charge in [0.15, 0.2) is 5.65 Å². The predicted octanol–water partition coefficient (Wildman–Crippen LogP) is 2.44. The molecule has 0 bridgehead atoms. The summed E-state index contributed by atoms with van der Waals surface area (Å²) in [7, 11) is 0. The maximum atomic E-state index is 4.41. The van der Waals surface area contributed by atoms with E-state index >= 15 is 0 Å². The number of aromatic nitrogens is 4. The summed E-state index contributed by atoms with van der Waals surface area (Å²) >= 11 is 0. The Kier molecular flexibility index (Phi) is 2.76. The number of aryl methyl sites for hydroxylation is 1. The molecule has 0 radical (unpaired) electrons. The van der Waals surface area contributed by atoms with Gasteiger partial charge in [-0.25, -0.2) is 15.0 Å². The Morgan fingerprint density at radius 2 is 1.94 bits per heavy atom. The molecule has 3 aromatic rings. The SMILES string of the molecule is CCc1ncc2c(ncn2Cc2ccccc2)n1. The average Bonchev–Trinajstić information content (AvgIpc) is 2.82. The van der Waals surface area contributed by atoms with Gasteiger partial charge in [0.05, 0.1) is 12.5 Å². The molecule has 4 nitrogen and oxygen atoms in total. The smallest absolute Gasteiger partial charge is 0.181 e. The van der Waals surface area contributed by atoms with E-state index in [2.05, 4.69) is 31.7 Å². The molecule has 1 aromatic carbocycles. The maximum absolute atomic E-state index is 4.41. The lowest BCUT2D eigenvalue weighted by Crippen LogP contribution is -1.99. The highest BCUT2D eigenvalue weighted by molar-refractivity contribution is 5.69. The van der Waals surface area contributed by atoms with Crippen molar-refractivity contribution in [1.29, 1.82) is 0 Å². The summed E-state index contributed by atoms with van der Waals surface area (Å²) in [5.41, 5.74) is 3.00. The number of hydrogen-bond donors (Lipinski definition) is 0. The van der Waals surface area contributed by atoms with Crippen LogP contribution in [0.1, 0.15) is 18.3 Å². The van der Waals surface area contributed by atoms with Crippen molar-refractivity contribution >= 4 is 11.2 Å². The van der Waals surface area contributed by atoms with E-state index < -0.39 is 0 Å². The van der Waals surface area contributed by atoms with Crippen LogP contribution in [0.4, 0.5) is 0 Å². The molecule has 0 aliphatic rings. The Morgan fingerprint density at radius 1 is 1.11 bits per heavy atom. The van der Waals surface area contributed by atoms with Crippen LogP contribution < -0.4 is 0 Å². The minimum atomic E-state index is 0.776. The fourth-order valence-electron chi connectivity index (χ4n) is 1.96. The highest BCUT2D eigenvalue weighted by Gasteiger charge is 2.05. The lowest BCUT2D eigenvalue weighted by molar-refractivity contribution is 0.821. The Labute approximate surface area is 105 Å². The molecular formula is C14H14N4. The number of benzene rings is 1. The van der Waals surface area contributed by atoms with Gasteiger partial charge in [0.1, 0.15) is 11.3 Å². The van der Waals surface area contributed by atoms with E-state index in [0.29, 0.717) is 0 Å². The number of rotatable bonds is 3. The van der Waals surface area contributed by atoms with Crippen LogP contribution in [0.15, 0.2) is 42.9 Å². The van der Waals surface area contributed by atoms with Crippen LogP contribution in [0.25, 0.3) is 11.2 Å². The quantitative estimate of drug-likeness (QED) is 0.704. The van der Waals surface area contributed by atoms with E-state index in [9.17, 15) is 0 Å². The van der Waals surface area contributed by atoms with Crippen molar-refractivity contribution in [2.24, 2.45) is 0 Å². The molecule has 0 atom stereocenters. The zero-order valence-electron chi connectivity index (χ0n) is 10.2. The van der Waals surface area contributed by atoms with E-state index in [-0.39, 0.29) is 0 Å². The number of hydrogen-bond acceptors (Lipinski definition) is 3. The summed E-state index contributed by atoms with van der Waals surface area (Å²) in [6.45, 7) is 2.84. The molecule has 0 saturated carbocycles. The Morgan fingerprint density at radius 3 is 2.72 bits per heavy atom. The van der Waals surface area contributed by atoms with Crippen molar-refractivity contribution in [2.45, 2.75) is 19.9 Å². The van der Waals surface area contributed by atoms with Crippen molar-refractivity contribution in [3.63, 3.8) is 0 Å². The van der Waals surface area contributed by atoms with Crippen molar-refractivity contribution in [3.8, 4) is 0 Å². The molecule has 3 rings (SSSR count). The van der Waals surface area contributed by atoms with Gasteiger partial charge in [-0.3, -0.25) is 0 Å². The van der Waals surface area contributed by atoms with Crippen LogP contribution in [0.5, 0.6) is 0 Å². The molecule has 4 heteroatoms. The van der Waals surface area contributed by atoms with Crippen molar-refractivity contribution < 1.29 is 0 Å². The van der Waals surface area contributed by atoms with Gasteiger partial charge in [-0.05, 0) is 5.56 Å². The lowest BCUT2D eigenvalue weighted by Gasteiger charge is -2.03. The molecule has 90 valence electrons. The molecule has 0 amide bonds. The minimum absolute atomic E-state index is 0.776. The van der Waals surface area contributed by atoms with Crippen molar-refractivity contribution in [2.75, 3.05) is 0 Å². The van der Waals surface area contributed by atoms with Gasteiger partial charge in [-0.2, -0.15) is 0 Å². The molecule has 2 aromatic heterocycles. The summed E-state index contributed by atoms with van der Waals surface area (Å²) < 4.78 is 2.07. The number of nitrogens with zero attached hydrogens (tertiary/aromatic N) is 4. The van der Waals surface area contributed by atoms with Crippen LogP contribution >= 0.6 is 0 Å². The predicted molar refractivity (Wildman–Crippen MR) is 70.2 cm³/mol. The molecule has 18 heavy (non-hydrogen) atoms.